The molecule has 0 aliphatic carbocycles. The van der Waals surface area contributed by atoms with E-state index in [2.05, 4.69) is 11.1 Å². The Balaban J connectivity index is 1.77. The molecule has 2 heterocycles. The first-order valence-corrected chi connectivity index (χ1v) is 8.19. The van der Waals surface area contributed by atoms with Crippen LogP contribution in [0.2, 0.25) is 5.02 Å². The Hall–Kier alpha value is -3.03. The number of rotatable bonds is 2. The van der Waals surface area contributed by atoms with Crippen LogP contribution in [0.4, 0.5) is 0 Å². The van der Waals surface area contributed by atoms with E-state index in [1.54, 1.807) is 12.1 Å². The Kier molecular flexibility index (Phi) is 4.01. The minimum absolute atomic E-state index is 0.457. The second kappa shape index (κ2) is 6.46. The third-order valence-corrected chi connectivity index (χ3v) is 4.21. The minimum atomic E-state index is 0.457. The molecular formula is C20H13ClN2O2. The lowest BCUT2D eigenvalue weighted by Crippen LogP contribution is -2.15. The van der Waals surface area contributed by atoms with Crippen LogP contribution >= 0.6 is 11.6 Å². The highest BCUT2D eigenvalue weighted by Crippen LogP contribution is 2.39. The molecule has 0 radical (unpaired) electrons. The number of allylic oxidation sites excluding steroid dienone is 1. The molecule has 4 rings (SSSR count). The smallest absolute Gasteiger partial charge is 0.179 e. The highest BCUT2D eigenvalue weighted by Gasteiger charge is 2.16. The Morgan fingerprint density at radius 1 is 1.12 bits per heavy atom. The van der Waals surface area contributed by atoms with Crippen molar-refractivity contribution in [2.24, 2.45) is 0 Å². The van der Waals surface area contributed by atoms with E-state index in [-0.39, 0.29) is 0 Å². The van der Waals surface area contributed by atoms with E-state index >= 15 is 0 Å². The first kappa shape index (κ1) is 15.5. The summed E-state index contributed by atoms with van der Waals surface area (Å²) in [7, 11) is 0. The summed E-state index contributed by atoms with van der Waals surface area (Å²) in [5, 5.41) is 11.1. The van der Waals surface area contributed by atoms with Crippen LogP contribution in [0.25, 0.3) is 22.6 Å². The molecule has 1 aromatic heterocycles. The summed E-state index contributed by atoms with van der Waals surface area (Å²) in [6.45, 7) is 0.959. The van der Waals surface area contributed by atoms with Gasteiger partial charge in [0.1, 0.15) is 19.3 Å². The average molecular weight is 349 g/mol. The van der Waals surface area contributed by atoms with Crippen molar-refractivity contribution in [2.75, 3.05) is 13.2 Å². The monoisotopic (exact) mass is 348 g/mol. The summed E-state index contributed by atoms with van der Waals surface area (Å²) in [5.41, 5.74) is 2.69. The molecule has 0 bridgehead atoms. The Morgan fingerprint density at radius 3 is 2.84 bits per heavy atom. The molecule has 0 saturated heterocycles. The summed E-state index contributed by atoms with van der Waals surface area (Å²) in [6, 6.07) is 17.4. The third-order valence-electron chi connectivity index (χ3n) is 3.92. The zero-order valence-electron chi connectivity index (χ0n) is 13.2. The van der Waals surface area contributed by atoms with Crippen LogP contribution in [0.3, 0.4) is 0 Å². The van der Waals surface area contributed by atoms with E-state index in [9.17, 15) is 5.26 Å². The molecule has 0 unspecified atom stereocenters. The molecule has 25 heavy (non-hydrogen) atoms. The van der Waals surface area contributed by atoms with Gasteiger partial charge in [-0.15, -0.1) is 0 Å². The molecule has 0 spiro atoms. The molecule has 122 valence electrons. The maximum absolute atomic E-state index is 9.57. The van der Waals surface area contributed by atoms with Gasteiger partial charge in [0.05, 0.1) is 21.8 Å². The predicted octanol–water partition coefficient (Wildman–Crippen LogP) is 4.72. The lowest BCUT2D eigenvalue weighted by Gasteiger charge is -2.19. The maximum atomic E-state index is 9.57. The molecule has 1 aliphatic rings. The van der Waals surface area contributed by atoms with Crippen LogP contribution in [-0.2, 0) is 0 Å². The standard InChI is InChI=1S/C20H13ClN2O2/c21-16-10-13(11-19-20(16)25-8-7-24-19)9-15(12-22)18-6-5-14-3-1-2-4-17(14)23-18/h1-6,9-11H,7-8H2/b15-9+. The second-order valence-electron chi connectivity index (χ2n) is 5.59. The van der Waals surface area contributed by atoms with Crippen LogP contribution < -0.4 is 9.47 Å². The maximum Gasteiger partial charge on any atom is 0.179 e. The zero-order chi connectivity index (χ0) is 17.2. The topological polar surface area (TPSA) is 55.1 Å². The van der Waals surface area contributed by atoms with Crippen molar-refractivity contribution >= 4 is 34.2 Å². The number of aromatic nitrogens is 1. The molecular weight excluding hydrogens is 336 g/mol. The molecule has 3 aromatic rings. The number of para-hydroxylation sites is 1. The highest BCUT2D eigenvalue weighted by molar-refractivity contribution is 6.32. The SMILES string of the molecule is N#C/C(=C\c1cc(Cl)c2c(c1)OCCO2)c1ccc2ccccc2n1. The van der Waals surface area contributed by atoms with Gasteiger partial charge in [0.25, 0.3) is 0 Å². The average Bonchev–Trinajstić information content (AvgIpc) is 2.66. The molecule has 1 aliphatic heterocycles. The first-order valence-electron chi connectivity index (χ1n) is 7.82. The van der Waals surface area contributed by atoms with Gasteiger partial charge in [-0.1, -0.05) is 35.9 Å². The van der Waals surface area contributed by atoms with Crippen molar-refractivity contribution in [2.45, 2.75) is 0 Å². The number of fused-ring (bicyclic) bond motifs is 2. The molecule has 0 saturated carbocycles. The summed E-state index contributed by atoms with van der Waals surface area (Å²) in [5.74, 6) is 1.14. The number of pyridine rings is 1. The minimum Gasteiger partial charge on any atom is -0.486 e. The van der Waals surface area contributed by atoms with Gasteiger partial charge in [-0.2, -0.15) is 5.26 Å². The predicted molar refractivity (Wildman–Crippen MR) is 97.7 cm³/mol. The normalized spacial score (nSPS) is 13.5. The number of hydrogen-bond acceptors (Lipinski definition) is 4. The second-order valence-corrected chi connectivity index (χ2v) is 5.99. The van der Waals surface area contributed by atoms with Crippen LogP contribution in [0.1, 0.15) is 11.3 Å². The van der Waals surface area contributed by atoms with Crippen molar-refractivity contribution in [3.8, 4) is 17.6 Å². The summed E-state index contributed by atoms with van der Waals surface area (Å²) < 4.78 is 11.1. The third kappa shape index (κ3) is 3.02. The highest BCUT2D eigenvalue weighted by atomic mass is 35.5. The van der Waals surface area contributed by atoms with Gasteiger partial charge in [0.15, 0.2) is 11.5 Å². The number of ether oxygens (including phenoxy) is 2. The molecule has 4 nitrogen and oxygen atoms in total. The quantitative estimate of drug-likeness (QED) is 0.628. The molecule has 0 N–H and O–H groups in total. The summed E-state index contributed by atoms with van der Waals surface area (Å²) in [6.07, 6.45) is 1.75. The Morgan fingerprint density at radius 2 is 1.96 bits per heavy atom. The van der Waals surface area contributed by atoms with E-state index in [0.29, 0.717) is 41.0 Å². The number of benzene rings is 2. The summed E-state index contributed by atoms with van der Waals surface area (Å²) in [4.78, 5) is 4.57. The van der Waals surface area contributed by atoms with Crippen molar-refractivity contribution < 1.29 is 9.47 Å². The largest absolute Gasteiger partial charge is 0.486 e. The number of nitrogens with zero attached hydrogens (tertiary/aromatic N) is 2. The lowest BCUT2D eigenvalue weighted by atomic mass is 10.1. The number of nitriles is 1. The van der Waals surface area contributed by atoms with Gasteiger partial charge in [-0.05, 0) is 35.9 Å². The van der Waals surface area contributed by atoms with Gasteiger partial charge in [-0.25, -0.2) is 4.98 Å². The van der Waals surface area contributed by atoms with Crippen LogP contribution in [0.15, 0.2) is 48.5 Å². The molecule has 0 atom stereocenters. The van der Waals surface area contributed by atoms with Crippen molar-refractivity contribution in [1.82, 2.24) is 4.98 Å². The van der Waals surface area contributed by atoms with Gasteiger partial charge in [0, 0.05) is 5.39 Å². The molecule has 0 fully saturated rings. The van der Waals surface area contributed by atoms with Crippen LogP contribution in [-0.4, -0.2) is 18.2 Å². The van der Waals surface area contributed by atoms with Crippen LogP contribution in [0.5, 0.6) is 11.5 Å². The fourth-order valence-corrected chi connectivity index (χ4v) is 3.03. The van der Waals surface area contributed by atoms with E-state index in [4.69, 9.17) is 21.1 Å². The van der Waals surface area contributed by atoms with Gasteiger partial charge < -0.3 is 9.47 Å². The molecule has 0 amide bonds. The molecule has 5 heteroatoms. The van der Waals surface area contributed by atoms with E-state index < -0.39 is 0 Å². The Labute approximate surface area is 149 Å². The van der Waals surface area contributed by atoms with Crippen molar-refractivity contribution in [3.05, 3.63) is 64.8 Å². The van der Waals surface area contributed by atoms with Gasteiger partial charge >= 0.3 is 0 Å². The van der Waals surface area contributed by atoms with Gasteiger partial charge in [0.2, 0.25) is 0 Å². The first-order chi connectivity index (χ1) is 12.2. The van der Waals surface area contributed by atoms with E-state index in [0.717, 1.165) is 16.5 Å². The zero-order valence-corrected chi connectivity index (χ0v) is 14.0. The van der Waals surface area contributed by atoms with Gasteiger partial charge in [-0.3, -0.25) is 0 Å². The van der Waals surface area contributed by atoms with E-state index in [1.165, 1.54) is 0 Å². The fraction of sp³-hybridized carbons (Fsp3) is 0.100. The number of halogens is 1. The van der Waals surface area contributed by atoms with Crippen molar-refractivity contribution in [1.29, 1.82) is 5.26 Å². The van der Waals surface area contributed by atoms with E-state index in [1.807, 2.05) is 42.5 Å². The molecule has 2 aromatic carbocycles. The van der Waals surface area contributed by atoms with Crippen LogP contribution in [0, 0.1) is 11.3 Å². The fourth-order valence-electron chi connectivity index (χ4n) is 2.76. The lowest BCUT2D eigenvalue weighted by molar-refractivity contribution is 0.171. The summed E-state index contributed by atoms with van der Waals surface area (Å²) >= 11 is 6.27. The van der Waals surface area contributed by atoms with Crippen molar-refractivity contribution in [3.63, 3.8) is 0 Å². The number of hydrogen-bond donors (Lipinski definition) is 0. The Bertz CT molecular complexity index is 1040.